The number of carbonyl (C=O) groups excluding carboxylic acids is 5. The Labute approximate surface area is 261 Å². The molecule has 0 saturated carbocycles. The van der Waals surface area contributed by atoms with E-state index in [1.165, 1.54) is 12.0 Å². The van der Waals surface area contributed by atoms with Gasteiger partial charge in [0.05, 0.1) is 31.1 Å². The van der Waals surface area contributed by atoms with Crippen LogP contribution in [0.1, 0.15) is 71.2 Å². The molecular weight excluding hydrogens is 580 g/mol. The van der Waals surface area contributed by atoms with Crippen LogP contribution in [0.2, 0.25) is 0 Å². The average Bonchev–Trinajstić information content (AvgIpc) is 3.43. The Hall–Kier alpha value is -4.81. The molecule has 4 rings (SSSR count). The number of ether oxygens (including phenoxy) is 2. The van der Waals surface area contributed by atoms with Crippen molar-refractivity contribution >= 4 is 40.4 Å². The Morgan fingerprint density at radius 3 is 2.47 bits per heavy atom. The summed E-state index contributed by atoms with van der Waals surface area (Å²) in [5, 5.41) is 6.17. The molecule has 3 aromatic rings. The lowest BCUT2D eigenvalue weighted by Crippen LogP contribution is -2.54. The van der Waals surface area contributed by atoms with Crippen molar-refractivity contribution in [3.63, 3.8) is 0 Å². The van der Waals surface area contributed by atoms with E-state index in [0.717, 1.165) is 6.42 Å². The highest BCUT2D eigenvalue weighted by Gasteiger charge is 2.37. The van der Waals surface area contributed by atoms with Gasteiger partial charge >= 0.3 is 5.97 Å². The first-order valence-corrected chi connectivity index (χ1v) is 15.0. The molecule has 0 bridgehead atoms. The van der Waals surface area contributed by atoms with Gasteiger partial charge in [-0.2, -0.15) is 0 Å². The smallest absolute Gasteiger partial charge is 0.342 e. The van der Waals surface area contributed by atoms with Crippen molar-refractivity contribution in [2.45, 2.75) is 66.0 Å². The molecule has 3 heterocycles. The number of Topliss-reactive ketones (excluding diaryl/α,β-unsaturated/α-hetero) is 1. The van der Waals surface area contributed by atoms with E-state index in [1.54, 1.807) is 58.9 Å². The van der Waals surface area contributed by atoms with Gasteiger partial charge in [0.2, 0.25) is 11.8 Å². The van der Waals surface area contributed by atoms with Gasteiger partial charge in [-0.3, -0.25) is 19.2 Å². The number of aromatic nitrogens is 3. The third-order valence-electron chi connectivity index (χ3n) is 7.88. The third-order valence-corrected chi connectivity index (χ3v) is 7.88. The molecule has 1 saturated heterocycles. The maximum absolute atomic E-state index is 13.7. The molecule has 2 atom stereocenters. The first kappa shape index (κ1) is 33.1. The van der Waals surface area contributed by atoms with Crippen molar-refractivity contribution in [3.05, 3.63) is 52.7 Å². The number of esters is 1. The average molecular weight is 621 g/mol. The number of fused-ring (bicyclic) bond motifs is 1. The fourth-order valence-corrected chi connectivity index (χ4v) is 5.81. The standard InChI is InChI=1S/C32H40N6O7/c1-17(2)38(28(40)15-34-31(42)24-14-22-23(37-24)10-7-11-27(22)44-6)25(13-21-9-8-12-33-30(21)41)26(39)16-45-32(43)29-18(3)35-20(5)36-19(29)4/h7,10-11,14,17,21,25,37H,8-9,12-13,15-16H2,1-6H3,(H,33,41)(H,34,42)/t21-,25-/m0/s1. The first-order valence-electron chi connectivity index (χ1n) is 15.0. The Morgan fingerprint density at radius 2 is 1.82 bits per heavy atom. The highest BCUT2D eigenvalue weighted by atomic mass is 16.5. The lowest BCUT2D eigenvalue weighted by atomic mass is 9.89. The van der Waals surface area contributed by atoms with Crippen molar-refractivity contribution in [1.82, 2.24) is 30.5 Å². The number of rotatable bonds is 12. The van der Waals surface area contributed by atoms with E-state index < -0.39 is 54.7 Å². The van der Waals surface area contributed by atoms with Gasteiger partial charge in [-0.25, -0.2) is 14.8 Å². The summed E-state index contributed by atoms with van der Waals surface area (Å²) in [6, 6.07) is 5.46. The number of hydrogen-bond donors (Lipinski definition) is 3. The van der Waals surface area contributed by atoms with E-state index in [4.69, 9.17) is 9.47 Å². The van der Waals surface area contributed by atoms with Gasteiger partial charge in [-0.05, 0) is 72.1 Å². The van der Waals surface area contributed by atoms with Crippen LogP contribution in [0.25, 0.3) is 10.9 Å². The molecule has 0 spiro atoms. The highest BCUT2D eigenvalue weighted by Crippen LogP contribution is 2.26. The van der Waals surface area contributed by atoms with Crippen LogP contribution < -0.4 is 15.4 Å². The van der Waals surface area contributed by atoms with Gasteiger partial charge < -0.3 is 30.0 Å². The fraction of sp³-hybridized carbons (Fsp3) is 0.469. The molecule has 3 amide bonds. The Bertz CT molecular complexity index is 1590. The zero-order valence-electron chi connectivity index (χ0n) is 26.5. The minimum absolute atomic E-state index is 0.0492. The van der Waals surface area contributed by atoms with E-state index in [1.807, 2.05) is 0 Å². The van der Waals surface area contributed by atoms with E-state index in [0.29, 0.717) is 46.8 Å². The highest BCUT2D eigenvalue weighted by molar-refractivity contribution is 6.01. The zero-order valence-corrected chi connectivity index (χ0v) is 26.5. The molecule has 45 heavy (non-hydrogen) atoms. The van der Waals surface area contributed by atoms with Crippen LogP contribution in [-0.4, -0.2) is 88.2 Å². The summed E-state index contributed by atoms with van der Waals surface area (Å²) < 4.78 is 10.8. The monoisotopic (exact) mass is 620 g/mol. The van der Waals surface area contributed by atoms with Crippen molar-refractivity contribution in [1.29, 1.82) is 0 Å². The Balaban J connectivity index is 1.51. The number of carbonyl (C=O) groups is 5. The number of methoxy groups -OCH3 is 1. The molecular formula is C32H40N6O7. The number of aromatic amines is 1. The number of hydrogen-bond acceptors (Lipinski definition) is 9. The fourth-order valence-electron chi connectivity index (χ4n) is 5.81. The molecule has 1 fully saturated rings. The van der Waals surface area contributed by atoms with Crippen LogP contribution in [0, 0.1) is 26.7 Å². The number of nitrogens with one attached hydrogen (secondary N) is 3. The lowest BCUT2D eigenvalue weighted by molar-refractivity contribution is -0.144. The summed E-state index contributed by atoms with van der Waals surface area (Å²) in [5.74, 6) is -1.93. The summed E-state index contributed by atoms with van der Waals surface area (Å²) in [5.41, 5.74) is 1.96. The number of ketones is 1. The number of amides is 3. The molecule has 0 unspecified atom stereocenters. The molecule has 13 heteroatoms. The predicted molar refractivity (Wildman–Crippen MR) is 165 cm³/mol. The Kier molecular flexibility index (Phi) is 10.5. The molecule has 0 radical (unpaired) electrons. The predicted octanol–water partition coefficient (Wildman–Crippen LogP) is 2.57. The van der Waals surface area contributed by atoms with E-state index >= 15 is 0 Å². The van der Waals surface area contributed by atoms with Gasteiger partial charge in [0, 0.05) is 29.4 Å². The van der Waals surface area contributed by atoms with E-state index in [-0.39, 0.29) is 23.6 Å². The normalized spacial score (nSPS) is 15.4. The number of benzene rings is 1. The van der Waals surface area contributed by atoms with Crippen LogP contribution in [0.3, 0.4) is 0 Å². The molecule has 0 aliphatic carbocycles. The van der Waals surface area contributed by atoms with Gasteiger partial charge in [-0.15, -0.1) is 0 Å². The van der Waals surface area contributed by atoms with Gasteiger partial charge in [0.1, 0.15) is 22.8 Å². The second-order valence-corrected chi connectivity index (χ2v) is 11.4. The molecule has 1 aliphatic rings. The van der Waals surface area contributed by atoms with Crippen LogP contribution in [-0.2, 0) is 19.1 Å². The zero-order chi connectivity index (χ0) is 32.8. The number of nitrogens with zero attached hydrogens (tertiary/aromatic N) is 3. The quantitative estimate of drug-likeness (QED) is 0.257. The SMILES string of the molecule is COc1cccc2[nH]c(C(=O)NCC(=O)N(C(C)C)[C@@H](C[C@@H]3CCCNC3=O)C(=O)COC(=O)c3c(C)nc(C)nc3C)cc12. The van der Waals surface area contributed by atoms with Crippen molar-refractivity contribution in [3.8, 4) is 5.75 Å². The Morgan fingerprint density at radius 1 is 1.11 bits per heavy atom. The van der Waals surface area contributed by atoms with E-state index in [9.17, 15) is 24.0 Å². The number of piperidine rings is 1. The largest absolute Gasteiger partial charge is 0.496 e. The number of aryl methyl sites for hydroxylation is 3. The maximum Gasteiger partial charge on any atom is 0.342 e. The molecule has 3 N–H and O–H groups in total. The van der Waals surface area contributed by atoms with Gasteiger partial charge in [0.25, 0.3) is 5.91 Å². The van der Waals surface area contributed by atoms with Crippen molar-refractivity contribution < 1.29 is 33.4 Å². The molecule has 2 aromatic heterocycles. The topological polar surface area (TPSA) is 173 Å². The summed E-state index contributed by atoms with van der Waals surface area (Å²) in [6.07, 6.45) is 1.34. The van der Waals surface area contributed by atoms with E-state index in [2.05, 4.69) is 25.6 Å². The summed E-state index contributed by atoms with van der Waals surface area (Å²) in [6.45, 7) is 8.03. The molecule has 13 nitrogen and oxygen atoms in total. The summed E-state index contributed by atoms with van der Waals surface area (Å²) >= 11 is 0. The summed E-state index contributed by atoms with van der Waals surface area (Å²) in [7, 11) is 1.54. The first-order chi connectivity index (χ1) is 21.4. The summed E-state index contributed by atoms with van der Waals surface area (Å²) in [4.78, 5) is 78.8. The minimum atomic E-state index is -1.08. The molecule has 1 aromatic carbocycles. The number of H-pyrrole nitrogens is 1. The maximum atomic E-state index is 13.7. The minimum Gasteiger partial charge on any atom is -0.496 e. The van der Waals surface area contributed by atoms with Crippen molar-refractivity contribution in [2.24, 2.45) is 5.92 Å². The second kappa shape index (κ2) is 14.3. The lowest BCUT2D eigenvalue weighted by Gasteiger charge is -2.36. The second-order valence-electron chi connectivity index (χ2n) is 11.4. The van der Waals surface area contributed by atoms with Gasteiger partial charge in [0.15, 0.2) is 12.4 Å². The molecule has 240 valence electrons. The van der Waals surface area contributed by atoms with Crippen LogP contribution in [0.4, 0.5) is 0 Å². The van der Waals surface area contributed by atoms with Crippen LogP contribution >= 0.6 is 0 Å². The molecule has 1 aliphatic heterocycles. The van der Waals surface area contributed by atoms with Crippen molar-refractivity contribution in [2.75, 3.05) is 26.8 Å². The third kappa shape index (κ3) is 7.65. The van der Waals surface area contributed by atoms with Gasteiger partial charge in [-0.1, -0.05) is 6.07 Å². The van der Waals surface area contributed by atoms with Crippen LogP contribution in [0.5, 0.6) is 5.75 Å². The van der Waals surface area contributed by atoms with Crippen LogP contribution in [0.15, 0.2) is 24.3 Å².